The van der Waals surface area contributed by atoms with Gasteiger partial charge in [0.15, 0.2) is 5.69 Å². The number of carbonyl (C=O) groups is 3. The summed E-state index contributed by atoms with van der Waals surface area (Å²) in [5.41, 5.74) is 0.898. The third-order valence-corrected chi connectivity index (χ3v) is 4.88. The Kier molecular flexibility index (Phi) is 4.10. The van der Waals surface area contributed by atoms with Gasteiger partial charge in [0.1, 0.15) is 0 Å². The molecule has 1 N–H and O–H groups in total. The number of amides is 3. The van der Waals surface area contributed by atoms with Crippen LogP contribution in [0, 0.1) is 0 Å². The second-order valence-electron chi connectivity index (χ2n) is 6.79. The van der Waals surface area contributed by atoms with Crippen LogP contribution in [-0.4, -0.2) is 69.1 Å². The number of piperazine rings is 1. The van der Waals surface area contributed by atoms with Gasteiger partial charge in [-0.15, -0.1) is 0 Å². The number of fused-ring (bicyclic) bond motifs is 1. The second kappa shape index (κ2) is 6.44. The number of nitrogens with zero attached hydrogens (tertiary/aromatic N) is 4. The number of hydrogen-bond donors (Lipinski definition) is 1. The maximum Gasteiger partial charge on any atom is 0.287 e. The molecular formula is C18H21N5O3. The number of aromatic nitrogens is 2. The molecule has 136 valence electrons. The lowest BCUT2D eigenvalue weighted by molar-refractivity contribution is -0.130. The average Bonchev–Trinajstić information content (AvgIpc) is 3.38. The molecule has 0 spiro atoms. The van der Waals surface area contributed by atoms with Crippen LogP contribution >= 0.6 is 0 Å². The molecule has 3 amide bonds. The van der Waals surface area contributed by atoms with Crippen molar-refractivity contribution < 1.29 is 14.4 Å². The molecule has 0 radical (unpaired) electrons. The van der Waals surface area contributed by atoms with Gasteiger partial charge in [-0.3, -0.25) is 18.8 Å². The fourth-order valence-corrected chi connectivity index (χ4v) is 3.21. The van der Waals surface area contributed by atoms with Crippen LogP contribution in [0.5, 0.6) is 0 Å². The Morgan fingerprint density at radius 1 is 1.08 bits per heavy atom. The van der Waals surface area contributed by atoms with E-state index in [1.54, 1.807) is 26.5 Å². The molecule has 0 aromatic carbocycles. The van der Waals surface area contributed by atoms with Crippen LogP contribution in [-0.2, 0) is 4.79 Å². The molecule has 26 heavy (non-hydrogen) atoms. The number of rotatable bonds is 3. The predicted molar refractivity (Wildman–Crippen MR) is 93.8 cm³/mol. The molecule has 2 aliphatic rings. The lowest BCUT2D eigenvalue weighted by Crippen LogP contribution is -2.50. The highest BCUT2D eigenvalue weighted by Crippen LogP contribution is 2.21. The van der Waals surface area contributed by atoms with Gasteiger partial charge < -0.3 is 15.1 Å². The minimum absolute atomic E-state index is 0.0172. The van der Waals surface area contributed by atoms with Crippen LogP contribution in [0.25, 0.3) is 5.52 Å². The van der Waals surface area contributed by atoms with Crippen molar-refractivity contribution in [2.45, 2.75) is 25.8 Å². The first-order chi connectivity index (χ1) is 12.5. The highest BCUT2D eigenvalue weighted by atomic mass is 16.2. The van der Waals surface area contributed by atoms with Gasteiger partial charge in [-0.25, -0.2) is 4.98 Å². The van der Waals surface area contributed by atoms with E-state index in [-0.39, 0.29) is 35.3 Å². The molecule has 1 saturated heterocycles. The normalized spacial score (nSPS) is 17.4. The van der Waals surface area contributed by atoms with E-state index in [1.807, 2.05) is 12.1 Å². The van der Waals surface area contributed by atoms with Crippen molar-refractivity contribution in [2.75, 3.05) is 26.2 Å². The SMILES string of the molecule is CC(=O)N1CCN(C(=O)c2nc(C(=O)NC3CC3)n3ccccc23)CC1. The van der Waals surface area contributed by atoms with Crippen molar-refractivity contribution >= 4 is 23.2 Å². The molecule has 8 nitrogen and oxygen atoms in total. The summed E-state index contributed by atoms with van der Waals surface area (Å²) in [6, 6.07) is 5.64. The van der Waals surface area contributed by atoms with Gasteiger partial charge in [-0.1, -0.05) is 6.07 Å². The Labute approximate surface area is 150 Å². The molecule has 2 aromatic rings. The monoisotopic (exact) mass is 355 g/mol. The van der Waals surface area contributed by atoms with Crippen LogP contribution < -0.4 is 5.32 Å². The van der Waals surface area contributed by atoms with Crippen molar-refractivity contribution in [3.05, 3.63) is 35.9 Å². The predicted octanol–water partition coefficient (Wildman–Crippen LogP) is 0.531. The third-order valence-electron chi connectivity index (χ3n) is 4.88. The van der Waals surface area contributed by atoms with Crippen molar-refractivity contribution in [1.29, 1.82) is 0 Å². The minimum atomic E-state index is -0.255. The number of hydrogen-bond acceptors (Lipinski definition) is 4. The van der Waals surface area contributed by atoms with E-state index in [4.69, 9.17) is 0 Å². The van der Waals surface area contributed by atoms with E-state index in [0.29, 0.717) is 31.7 Å². The smallest absolute Gasteiger partial charge is 0.287 e. The van der Waals surface area contributed by atoms with Crippen LogP contribution in [0.2, 0.25) is 0 Å². The van der Waals surface area contributed by atoms with Crippen molar-refractivity contribution in [3.63, 3.8) is 0 Å². The van der Waals surface area contributed by atoms with Gasteiger partial charge in [-0.2, -0.15) is 0 Å². The lowest BCUT2D eigenvalue weighted by Gasteiger charge is -2.33. The van der Waals surface area contributed by atoms with Crippen LogP contribution in [0.15, 0.2) is 24.4 Å². The average molecular weight is 355 g/mol. The molecule has 8 heteroatoms. The molecule has 3 heterocycles. The Bertz CT molecular complexity index is 878. The Morgan fingerprint density at radius 3 is 2.42 bits per heavy atom. The maximum absolute atomic E-state index is 13.0. The standard InChI is InChI=1S/C18H21N5O3/c1-12(24)21-8-10-22(11-9-21)18(26)15-14-4-2-3-7-23(14)16(20-15)17(25)19-13-5-6-13/h2-4,7,13H,5-6,8-11H2,1H3,(H,19,25). The molecule has 0 unspecified atom stereocenters. The van der Waals surface area contributed by atoms with Gasteiger partial charge in [0.2, 0.25) is 11.7 Å². The summed E-state index contributed by atoms with van der Waals surface area (Å²) in [5, 5.41) is 2.92. The van der Waals surface area contributed by atoms with Crippen LogP contribution in [0.1, 0.15) is 40.9 Å². The first kappa shape index (κ1) is 16.6. The fraction of sp³-hybridized carbons (Fsp3) is 0.444. The minimum Gasteiger partial charge on any atom is -0.347 e. The summed E-state index contributed by atoms with van der Waals surface area (Å²) in [6.45, 7) is 3.50. The fourth-order valence-electron chi connectivity index (χ4n) is 3.21. The van der Waals surface area contributed by atoms with E-state index in [1.165, 1.54) is 6.92 Å². The first-order valence-corrected chi connectivity index (χ1v) is 8.87. The van der Waals surface area contributed by atoms with Crippen LogP contribution in [0.3, 0.4) is 0 Å². The van der Waals surface area contributed by atoms with E-state index < -0.39 is 0 Å². The zero-order valence-electron chi connectivity index (χ0n) is 14.6. The van der Waals surface area contributed by atoms with Gasteiger partial charge in [0.05, 0.1) is 5.52 Å². The summed E-state index contributed by atoms with van der Waals surface area (Å²) in [6.07, 6.45) is 3.72. The Balaban J connectivity index is 1.60. The molecule has 1 aliphatic carbocycles. The Hall–Kier alpha value is -2.90. The maximum atomic E-state index is 13.0. The van der Waals surface area contributed by atoms with Crippen LogP contribution in [0.4, 0.5) is 0 Å². The first-order valence-electron chi connectivity index (χ1n) is 8.87. The van der Waals surface area contributed by atoms with E-state index >= 15 is 0 Å². The number of carbonyl (C=O) groups excluding carboxylic acids is 3. The molecular weight excluding hydrogens is 334 g/mol. The summed E-state index contributed by atoms with van der Waals surface area (Å²) in [7, 11) is 0. The topological polar surface area (TPSA) is 87.0 Å². The second-order valence-corrected chi connectivity index (χ2v) is 6.79. The molecule has 1 saturated carbocycles. The number of nitrogens with one attached hydrogen (secondary N) is 1. The zero-order chi connectivity index (χ0) is 18.3. The molecule has 0 atom stereocenters. The van der Waals surface area contributed by atoms with E-state index in [2.05, 4.69) is 10.3 Å². The highest BCUT2D eigenvalue weighted by molar-refractivity contribution is 6.02. The zero-order valence-corrected chi connectivity index (χ0v) is 14.6. The summed E-state index contributed by atoms with van der Waals surface area (Å²) < 4.78 is 1.66. The van der Waals surface area contributed by atoms with E-state index in [9.17, 15) is 14.4 Å². The van der Waals surface area contributed by atoms with Crippen molar-refractivity contribution in [2.24, 2.45) is 0 Å². The number of imidazole rings is 1. The van der Waals surface area contributed by atoms with Gasteiger partial charge in [0.25, 0.3) is 11.8 Å². The summed E-state index contributed by atoms with van der Waals surface area (Å²) in [4.78, 5) is 44.7. The highest BCUT2D eigenvalue weighted by Gasteiger charge is 2.30. The third kappa shape index (κ3) is 3.02. The van der Waals surface area contributed by atoms with Gasteiger partial charge in [-0.05, 0) is 25.0 Å². The van der Waals surface area contributed by atoms with Gasteiger partial charge in [0, 0.05) is 45.3 Å². The molecule has 0 bridgehead atoms. The quantitative estimate of drug-likeness (QED) is 0.870. The van der Waals surface area contributed by atoms with Crippen molar-refractivity contribution in [1.82, 2.24) is 24.5 Å². The lowest BCUT2D eigenvalue weighted by atomic mass is 10.2. The molecule has 2 fully saturated rings. The summed E-state index contributed by atoms with van der Waals surface area (Å²) in [5.74, 6) is -0.210. The van der Waals surface area contributed by atoms with Crippen molar-refractivity contribution in [3.8, 4) is 0 Å². The van der Waals surface area contributed by atoms with E-state index in [0.717, 1.165) is 12.8 Å². The summed E-state index contributed by atoms with van der Waals surface area (Å²) >= 11 is 0. The molecule has 1 aliphatic heterocycles. The largest absolute Gasteiger partial charge is 0.347 e. The number of pyridine rings is 1. The van der Waals surface area contributed by atoms with Gasteiger partial charge >= 0.3 is 0 Å². The molecule has 2 aromatic heterocycles. The molecule has 4 rings (SSSR count). The Morgan fingerprint density at radius 2 is 1.77 bits per heavy atom.